The zero-order valence-corrected chi connectivity index (χ0v) is 13.6. The molecular weight excluding hydrogens is 303 g/mol. The molecule has 3 nitrogen and oxygen atoms in total. The molecule has 0 N–H and O–H groups in total. The summed E-state index contributed by atoms with van der Waals surface area (Å²) in [6.45, 7) is 5.37. The monoisotopic (exact) mass is 327 g/mol. The summed E-state index contributed by atoms with van der Waals surface area (Å²) in [6, 6.07) is 6.29. The van der Waals surface area contributed by atoms with Crippen molar-refractivity contribution < 1.29 is 13.2 Å². The van der Waals surface area contributed by atoms with Gasteiger partial charge in [-0.1, -0.05) is 18.2 Å². The molecule has 0 aliphatic carbocycles. The second-order valence-electron chi connectivity index (χ2n) is 6.76. The van der Waals surface area contributed by atoms with Crippen molar-refractivity contribution in [3.63, 3.8) is 0 Å². The lowest BCUT2D eigenvalue weighted by atomic mass is 9.97. The van der Waals surface area contributed by atoms with Gasteiger partial charge < -0.3 is 4.90 Å². The van der Waals surface area contributed by atoms with Gasteiger partial charge in [0.15, 0.2) is 0 Å². The molecule has 0 unspecified atom stereocenters. The van der Waals surface area contributed by atoms with Crippen LogP contribution in [0.4, 0.5) is 13.2 Å². The molecule has 0 bridgehead atoms. The lowest BCUT2D eigenvalue weighted by molar-refractivity contribution is -0.147. The van der Waals surface area contributed by atoms with E-state index < -0.39 is 12.7 Å². The molecule has 2 heterocycles. The molecule has 3 rings (SSSR count). The minimum absolute atomic E-state index is 0.406. The highest BCUT2D eigenvalue weighted by atomic mass is 19.4. The molecule has 2 aliphatic heterocycles. The number of piperazine rings is 1. The van der Waals surface area contributed by atoms with E-state index in [0.717, 1.165) is 38.3 Å². The van der Waals surface area contributed by atoms with Crippen LogP contribution in [-0.4, -0.2) is 67.2 Å². The van der Waals surface area contributed by atoms with Gasteiger partial charge in [0.2, 0.25) is 0 Å². The largest absolute Gasteiger partial charge is 0.401 e. The first-order valence-electron chi connectivity index (χ1n) is 8.20. The van der Waals surface area contributed by atoms with Crippen molar-refractivity contribution in [3.8, 4) is 0 Å². The first-order chi connectivity index (χ1) is 10.9. The van der Waals surface area contributed by atoms with Crippen LogP contribution in [0.3, 0.4) is 0 Å². The molecule has 128 valence electrons. The summed E-state index contributed by atoms with van der Waals surface area (Å²) in [5.74, 6) is 0. The van der Waals surface area contributed by atoms with Gasteiger partial charge >= 0.3 is 6.18 Å². The summed E-state index contributed by atoms with van der Waals surface area (Å²) in [5, 5.41) is 0. The highest BCUT2D eigenvalue weighted by Crippen LogP contribution is 2.24. The third-order valence-electron chi connectivity index (χ3n) is 4.77. The quantitative estimate of drug-likeness (QED) is 0.844. The molecule has 23 heavy (non-hydrogen) atoms. The Bertz CT molecular complexity index is 536. The van der Waals surface area contributed by atoms with E-state index in [2.05, 4.69) is 29.0 Å². The molecule has 1 saturated heterocycles. The fourth-order valence-corrected chi connectivity index (χ4v) is 3.42. The Morgan fingerprint density at radius 1 is 0.957 bits per heavy atom. The standard InChI is InChI=1S/C17H24F3N3/c1-21-6-8-22(9-7-21)11-14-2-3-16-12-23(13-17(18,19)20)5-4-15(16)10-14/h2-3,10H,4-9,11-13H2,1H3. The van der Waals surface area contributed by atoms with Crippen molar-refractivity contribution in [2.75, 3.05) is 46.3 Å². The van der Waals surface area contributed by atoms with Gasteiger partial charge in [-0.25, -0.2) is 0 Å². The number of benzene rings is 1. The second kappa shape index (κ2) is 6.79. The summed E-state index contributed by atoms with van der Waals surface area (Å²) in [7, 11) is 2.14. The minimum atomic E-state index is -4.11. The first kappa shape index (κ1) is 16.7. The van der Waals surface area contributed by atoms with Gasteiger partial charge in [0, 0.05) is 45.8 Å². The number of nitrogens with zero attached hydrogens (tertiary/aromatic N) is 3. The third-order valence-corrected chi connectivity index (χ3v) is 4.77. The Morgan fingerprint density at radius 2 is 1.70 bits per heavy atom. The van der Waals surface area contributed by atoms with E-state index in [1.54, 1.807) is 0 Å². The lowest BCUT2D eigenvalue weighted by Gasteiger charge is -2.33. The summed E-state index contributed by atoms with van der Waals surface area (Å²) in [4.78, 5) is 6.27. The molecule has 1 aromatic rings. The van der Waals surface area contributed by atoms with E-state index in [-0.39, 0.29) is 0 Å². The van der Waals surface area contributed by atoms with Crippen LogP contribution in [0.5, 0.6) is 0 Å². The zero-order valence-electron chi connectivity index (χ0n) is 13.6. The van der Waals surface area contributed by atoms with Gasteiger partial charge in [0.05, 0.1) is 6.54 Å². The fourth-order valence-electron chi connectivity index (χ4n) is 3.42. The summed E-state index contributed by atoms with van der Waals surface area (Å²) in [5.41, 5.74) is 3.54. The van der Waals surface area contributed by atoms with E-state index in [0.29, 0.717) is 19.5 Å². The molecule has 0 amide bonds. The lowest BCUT2D eigenvalue weighted by Crippen LogP contribution is -2.43. The first-order valence-corrected chi connectivity index (χ1v) is 8.20. The molecule has 2 aliphatic rings. The second-order valence-corrected chi connectivity index (χ2v) is 6.76. The highest BCUT2D eigenvalue weighted by Gasteiger charge is 2.32. The van der Waals surface area contributed by atoms with Gasteiger partial charge in [0.1, 0.15) is 0 Å². The van der Waals surface area contributed by atoms with Gasteiger partial charge in [-0.2, -0.15) is 13.2 Å². The Kier molecular flexibility index (Phi) is 4.94. The van der Waals surface area contributed by atoms with E-state index in [1.165, 1.54) is 16.0 Å². The van der Waals surface area contributed by atoms with E-state index in [1.807, 2.05) is 6.07 Å². The third kappa shape index (κ3) is 4.68. The highest BCUT2D eigenvalue weighted by molar-refractivity contribution is 5.34. The van der Waals surface area contributed by atoms with Crippen molar-refractivity contribution >= 4 is 0 Å². The Morgan fingerprint density at radius 3 is 2.39 bits per heavy atom. The topological polar surface area (TPSA) is 9.72 Å². The van der Waals surface area contributed by atoms with Crippen molar-refractivity contribution in [3.05, 3.63) is 34.9 Å². The number of fused-ring (bicyclic) bond motifs is 1. The number of rotatable bonds is 3. The number of likely N-dealkylation sites (N-methyl/N-ethyl adjacent to an activating group) is 1. The molecule has 0 aromatic heterocycles. The molecule has 0 atom stereocenters. The molecule has 1 aromatic carbocycles. The van der Waals surface area contributed by atoms with Crippen LogP contribution >= 0.6 is 0 Å². The average Bonchev–Trinajstić information content (AvgIpc) is 2.48. The molecular formula is C17H24F3N3. The van der Waals surface area contributed by atoms with Gasteiger partial charge in [-0.3, -0.25) is 9.80 Å². The number of hydrogen-bond acceptors (Lipinski definition) is 3. The summed E-state index contributed by atoms with van der Waals surface area (Å²) < 4.78 is 37.6. The van der Waals surface area contributed by atoms with Gasteiger partial charge in [-0.15, -0.1) is 0 Å². The van der Waals surface area contributed by atoms with Crippen molar-refractivity contribution in [2.24, 2.45) is 0 Å². The fraction of sp³-hybridized carbons (Fsp3) is 0.647. The minimum Gasteiger partial charge on any atom is -0.304 e. The predicted molar refractivity (Wildman–Crippen MR) is 84.3 cm³/mol. The SMILES string of the molecule is CN1CCN(Cc2ccc3c(c2)CCN(CC(F)(F)F)C3)CC1. The maximum Gasteiger partial charge on any atom is 0.401 e. The number of hydrogen-bond donors (Lipinski definition) is 0. The Labute approximate surface area is 135 Å². The van der Waals surface area contributed by atoms with Crippen molar-refractivity contribution in [1.82, 2.24) is 14.7 Å². The predicted octanol–water partition coefficient (Wildman–Crippen LogP) is 2.35. The van der Waals surface area contributed by atoms with Gasteiger partial charge in [0.25, 0.3) is 0 Å². The van der Waals surface area contributed by atoms with Crippen LogP contribution in [0.25, 0.3) is 0 Å². The molecule has 0 saturated carbocycles. The molecule has 0 spiro atoms. The van der Waals surface area contributed by atoms with E-state index >= 15 is 0 Å². The van der Waals surface area contributed by atoms with Crippen LogP contribution in [0.1, 0.15) is 16.7 Å². The van der Waals surface area contributed by atoms with E-state index in [4.69, 9.17) is 0 Å². The number of alkyl halides is 3. The number of halogens is 3. The van der Waals surface area contributed by atoms with Crippen LogP contribution in [0, 0.1) is 0 Å². The normalized spacial score (nSPS) is 21.4. The van der Waals surface area contributed by atoms with E-state index in [9.17, 15) is 13.2 Å². The maximum absolute atomic E-state index is 12.5. The van der Waals surface area contributed by atoms with Gasteiger partial charge in [-0.05, 0) is 30.2 Å². The van der Waals surface area contributed by atoms with Crippen molar-refractivity contribution in [1.29, 1.82) is 0 Å². The summed E-state index contributed by atoms with van der Waals surface area (Å²) in [6.07, 6.45) is -3.40. The van der Waals surface area contributed by atoms with Crippen LogP contribution in [-0.2, 0) is 19.5 Å². The van der Waals surface area contributed by atoms with Crippen LogP contribution < -0.4 is 0 Å². The summed E-state index contributed by atoms with van der Waals surface area (Å²) >= 11 is 0. The van der Waals surface area contributed by atoms with Crippen LogP contribution in [0.2, 0.25) is 0 Å². The molecule has 6 heteroatoms. The smallest absolute Gasteiger partial charge is 0.304 e. The average molecular weight is 327 g/mol. The Balaban J connectivity index is 1.60. The Hall–Kier alpha value is -1.11. The molecule has 1 fully saturated rings. The van der Waals surface area contributed by atoms with Crippen LogP contribution in [0.15, 0.2) is 18.2 Å². The van der Waals surface area contributed by atoms with Crippen molar-refractivity contribution in [2.45, 2.75) is 25.7 Å². The zero-order chi connectivity index (χ0) is 16.4. The maximum atomic E-state index is 12.5. The molecule has 0 radical (unpaired) electrons.